The molecular weight excluding hydrogens is 248 g/mol. The van der Waals surface area contributed by atoms with Crippen LogP contribution in [0, 0.1) is 0 Å². The van der Waals surface area contributed by atoms with Gasteiger partial charge in [0, 0.05) is 35.9 Å². The van der Waals surface area contributed by atoms with Gasteiger partial charge in [-0.05, 0) is 31.5 Å². The summed E-state index contributed by atoms with van der Waals surface area (Å²) in [6, 6.07) is 10.8. The minimum Gasteiger partial charge on any atom is -0.341 e. The molecule has 0 aliphatic carbocycles. The van der Waals surface area contributed by atoms with Gasteiger partial charge in [-0.2, -0.15) is 5.10 Å². The maximum atomic E-state index is 5.83. The lowest BCUT2D eigenvalue weighted by molar-refractivity contribution is 0.524. The average Bonchev–Trinajstić information content (AvgIpc) is 3.05. The molecule has 0 saturated carbocycles. The topological polar surface area (TPSA) is 48.8 Å². The van der Waals surface area contributed by atoms with E-state index in [1.54, 1.807) is 0 Å². The molecule has 104 valence electrons. The summed E-state index contributed by atoms with van der Waals surface area (Å²) in [5.41, 5.74) is 9.30. The summed E-state index contributed by atoms with van der Waals surface area (Å²) in [5.74, 6) is 0. The van der Waals surface area contributed by atoms with Gasteiger partial charge in [0.2, 0.25) is 0 Å². The number of aromatic nitrogens is 3. The van der Waals surface area contributed by atoms with E-state index in [9.17, 15) is 0 Å². The number of benzene rings is 1. The predicted molar refractivity (Wildman–Crippen MR) is 81.5 cm³/mol. The number of para-hydroxylation sites is 1. The highest BCUT2D eigenvalue weighted by molar-refractivity contribution is 5.84. The number of hydrogen-bond acceptors (Lipinski definition) is 2. The van der Waals surface area contributed by atoms with Crippen molar-refractivity contribution in [2.45, 2.75) is 33.0 Å². The number of nitrogens with zero attached hydrogens (tertiary/aromatic N) is 3. The molecule has 0 unspecified atom stereocenters. The van der Waals surface area contributed by atoms with Crippen molar-refractivity contribution in [2.24, 2.45) is 5.73 Å². The molecule has 2 heterocycles. The zero-order valence-corrected chi connectivity index (χ0v) is 12.0. The molecule has 0 amide bonds. The standard InChI is InChI=1S/C16H20N4/c1-12(2)20-8-7-14(18-20)11-19-10-13(9-17)15-5-3-4-6-16(15)19/h3-8,10,12H,9,11,17H2,1-2H3. The predicted octanol–water partition coefficient (Wildman–Crippen LogP) is 2.93. The zero-order valence-electron chi connectivity index (χ0n) is 12.0. The molecule has 2 N–H and O–H groups in total. The normalized spacial score (nSPS) is 11.6. The Morgan fingerprint density at radius 1 is 1.20 bits per heavy atom. The molecule has 20 heavy (non-hydrogen) atoms. The molecule has 0 aliphatic rings. The minimum absolute atomic E-state index is 0.393. The van der Waals surface area contributed by atoms with Crippen molar-refractivity contribution in [3.8, 4) is 0 Å². The Bertz CT molecular complexity index is 721. The van der Waals surface area contributed by atoms with Gasteiger partial charge >= 0.3 is 0 Å². The molecule has 3 aromatic rings. The lowest BCUT2D eigenvalue weighted by atomic mass is 10.2. The second-order valence-corrected chi connectivity index (χ2v) is 5.38. The first-order valence-electron chi connectivity index (χ1n) is 7.00. The molecule has 0 spiro atoms. The third-order valence-corrected chi connectivity index (χ3v) is 3.62. The van der Waals surface area contributed by atoms with Gasteiger partial charge in [-0.25, -0.2) is 0 Å². The van der Waals surface area contributed by atoms with Crippen LogP contribution in [0.25, 0.3) is 10.9 Å². The van der Waals surface area contributed by atoms with Crippen LogP contribution in [0.3, 0.4) is 0 Å². The number of rotatable bonds is 4. The Morgan fingerprint density at radius 2 is 2.00 bits per heavy atom. The Labute approximate surface area is 118 Å². The smallest absolute Gasteiger partial charge is 0.0821 e. The van der Waals surface area contributed by atoms with Crippen molar-refractivity contribution in [3.63, 3.8) is 0 Å². The Morgan fingerprint density at radius 3 is 2.70 bits per heavy atom. The van der Waals surface area contributed by atoms with Gasteiger partial charge in [-0.1, -0.05) is 18.2 Å². The second-order valence-electron chi connectivity index (χ2n) is 5.38. The first-order valence-corrected chi connectivity index (χ1v) is 7.00. The van der Waals surface area contributed by atoms with Crippen molar-refractivity contribution in [1.82, 2.24) is 14.3 Å². The van der Waals surface area contributed by atoms with Crippen LogP contribution in [0.2, 0.25) is 0 Å². The highest BCUT2D eigenvalue weighted by atomic mass is 15.3. The average molecular weight is 268 g/mol. The molecule has 1 aromatic carbocycles. The number of hydrogen-bond donors (Lipinski definition) is 1. The fraction of sp³-hybridized carbons (Fsp3) is 0.312. The van der Waals surface area contributed by atoms with E-state index in [0.717, 1.165) is 12.2 Å². The number of fused-ring (bicyclic) bond motifs is 1. The van der Waals surface area contributed by atoms with Crippen LogP contribution < -0.4 is 5.73 Å². The highest BCUT2D eigenvalue weighted by Crippen LogP contribution is 2.21. The third-order valence-electron chi connectivity index (χ3n) is 3.62. The lowest BCUT2D eigenvalue weighted by Crippen LogP contribution is -2.04. The monoisotopic (exact) mass is 268 g/mol. The first-order chi connectivity index (χ1) is 9.69. The molecule has 0 bridgehead atoms. The van der Waals surface area contributed by atoms with E-state index in [2.05, 4.69) is 60.0 Å². The summed E-state index contributed by atoms with van der Waals surface area (Å²) in [5, 5.41) is 5.85. The van der Waals surface area contributed by atoms with E-state index in [1.807, 2.05) is 10.9 Å². The molecule has 0 atom stereocenters. The van der Waals surface area contributed by atoms with E-state index in [1.165, 1.54) is 16.5 Å². The molecular formula is C16H20N4. The Hall–Kier alpha value is -2.07. The van der Waals surface area contributed by atoms with Crippen LogP contribution >= 0.6 is 0 Å². The van der Waals surface area contributed by atoms with E-state index < -0.39 is 0 Å². The zero-order chi connectivity index (χ0) is 14.1. The van der Waals surface area contributed by atoms with Crippen molar-refractivity contribution < 1.29 is 0 Å². The molecule has 0 radical (unpaired) electrons. The van der Waals surface area contributed by atoms with Crippen molar-refractivity contribution in [3.05, 3.63) is 54.0 Å². The van der Waals surface area contributed by atoms with Crippen LogP contribution in [0.4, 0.5) is 0 Å². The number of nitrogens with two attached hydrogens (primary N) is 1. The summed E-state index contributed by atoms with van der Waals surface area (Å²) in [6.45, 7) is 5.61. The first kappa shape index (κ1) is 12.9. The molecule has 0 fully saturated rings. The van der Waals surface area contributed by atoms with Gasteiger partial charge in [-0.3, -0.25) is 4.68 Å². The SMILES string of the molecule is CC(C)n1ccc(Cn2cc(CN)c3ccccc32)n1. The molecule has 2 aromatic heterocycles. The fourth-order valence-corrected chi connectivity index (χ4v) is 2.54. The molecule has 4 nitrogen and oxygen atoms in total. The minimum atomic E-state index is 0.393. The van der Waals surface area contributed by atoms with Gasteiger partial charge in [0.1, 0.15) is 0 Å². The summed E-state index contributed by atoms with van der Waals surface area (Å²) >= 11 is 0. The van der Waals surface area contributed by atoms with Gasteiger partial charge in [0.25, 0.3) is 0 Å². The van der Waals surface area contributed by atoms with Crippen LogP contribution in [0.5, 0.6) is 0 Å². The Balaban J connectivity index is 1.97. The Kier molecular flexibility index (Phi) is 3.32. The molecule has 4 heteroatoms. The van der Waals surface area contributed by atoms with E-state index in [0.29, 0.717) is 12.6 Å². The van der Waals surface area contributed by atoms with Gasteiger partial charge in [0.05, 0.1) is 12.2 Å². The van der Waals surface area contributed by atoms with E-state index in [4.69, 9.17) is 5.73 Å². The summed E-state index contributed by atoms with van der Waals surface area (Å²) < 4.78 is 4.22. The van der Waals surface area contributed by atoms with Crippen LogP contribution in [0.15, 0.2) is 42.7 Å². The fourth-order valence-electron chi connectivity index (χ4n) is 2.54. The summed E-state index contributed by atoms with van der Waals surface area (Å²) in [7, 11) is 0. The summed E-state index contributed by atoms with van der Waals surface area (Å²) in [6.07, 6.45) is 4.18. The van der Waals surface area contributed by atoms with Crippen LogP contribution in [-0.4, -0.2) is 14.3 Å². The lowest BCUT2D eigenvalue weighted by Gasteiger charge is -2.05. The third kappa shape index (κ3) is 2.23. The van der Waals surface area contributed by atoms with Gasteiger partial charge in [-0.15, -0.1) is 0 Å². The van der Waals surface area contributed by atoms with Crippen LogP contribution in [-0.2, 0) is 13.1 Å². The maximum Gasteiger partial charge on any atom is 0.0821 e. The van der Waals surface area contributed by atoms with Crippen molar-refractivity contribution in [2.75, 3.05) is 0 Å². The van der Waals surface area contributed by atoms with Gasteiger partial charge < -0.3 is 10.3 Å². The van der Waals surface area contributed by atoms with Crippen molar-refractivity contribution >= 4 is 10.9 Å². The molecule has 3 rings (SSSR count). The van der Waals surface area contributed by atoms with Crippen molar-refractivity contribution in [1.29, 1.82) is 0 Å². The molecule has 0 saturated heterocycles. The van der Waals surface area contributed by atoms with Crippen LogP contribution in [0.1, 0.15) is 31.1 Å². The highest BCUT2D eigenvalue weighted by Gasteiger charge is 2.09. The summed E-state index contributed by atoms with van der Waals surface area (Å²) in [4.78, 5) is 0. The maximum absolute atomic E-state index is 5.83. The van der Waals surface area contributed by atoms with Gasteiger partial charge in [0.15, 0.2) is 0 Å². The largest absolute Gasteiger partial charge is 0.341 e. The molecule has 0 aliphatic heterocycles. The van der Waals surface area contributed by atoms with E-state index >= 15 is 0 Å². The van der Waals surface area contributed by atoms with E-state index in [-0.39, 0.29) is 0 Å². The second kappa shape index (κ2) is 5.13. The quantitative estimate of drug-likeness (QED) is 0.791.